The highest BCUT2D eigenvalue weighted by Crippen LogP contribution is 2.30. The van der Waals surface area contributed by atoms with E-state index in [0.29, 0.717) is 6.07 Å². The molecule has 0 aliphatic heterocycles. The van der Waals surface area contributed by atoms with E-state index < -0.39 is 46.5 Å². The molecule has 3 rings (SSSR count). The molecule has 0 spiro atoms. The molecule has 0 saturated carbocycles. The molecule has 29 heavy (non-hydrogen) atoms. The number of benzene rings is 2. The zero-order valence-electron chi connectivity index (χ0n) is 14.6. The normalized spacial score (nSPS) is 13.0. The third kappa shape index (κ3) is 4.33. The first-order valence-corrected chi connectivity index (χ1v) is 8.63. The van der Waals surface area contributed by atoms with Crippen molar-refractivity contribution in [3.05, 3.63) is 94.3 Å². The highest BCUT2D eigenvalue weighted by Gasteiger charge is 2.36. The molecule has 0 fully saturated rings. The number of Topliss-reactive ketones (excluding diaryl/α,β-unsaturated/α-hetero) is 1. The number of halogens is 4. The zero-order chi connectivity index (χ0) is 21.1. The minimum Gasteiger partial charge on any atom is -0.387 e. The molecule has 0 aliphatic rings. The third-order valence-electron chi connectivity index (χ3n) is 4.25. The fraction of sp³-hybridized carbons (Fsp3) is 0.100. The van der Waals surface area contributed by atoms with Crippen LogP contribution in [0.3, 0.4) is 0 Å². The van der Waals surface area contributed by atoms with Crippen LogP contribution in [0, 0.1) is 28.8 Å². The van der Waals surface area contributed by atoms with Crippen molar-refractivity contribution in [2.24, 2.45) is 5.92 Å². The van der Waals surface area contributed by atoms with E-state index in [-0.39, 0.29) is 16.1 Å². The van der Waals surface area contributed by atoms with Gasteiger partial charge in [-0.25, -0.2) is 23.1 Å². The van der Waals surface area contributed by atoms with Gasteiger partial charge in [-0.1, -0.05) is 11.6 Å². The molecule has 2 N–H and O–H groups in total. The van der Waals surface area contributed by atoms with E-state index in [4.69, 9.17) is 17.0 Å². The van der Waals surface area contributed by atoms with E-state index in [1.54, 1.807) is 0 Å². The van der Waals surface area contributed by atoms with Crippen LogP contribution in [0.15, 0.2) is 55.1 Å². The number of ketones is 1. The highest BCUT2D eigenvalue weighted by molar-refractivity contribution is 6.30. The second-order valence-corrected chi connectivity index (χ2v) is 6.56. The van der Waals surface area contributed by atoms with E-state index in [1.807, 2.05) is 0 Å². The van der Waals surface area contributed by atoms with E-state index >= 15 is 0 Å². The van der Waals surface area contributed by atoms with Gasteiger partial charge in [0, 0.05) is 34.6 Å². The Morgan fingerprint density at radius 3 is 2.24 bits per heavy atom. The fourth-order valence-corrected chi connectivity index (χ4v) is 2.98. The van der Waals surface area contributed by atoms with Gasteiger partial charge in [0.05, 0.1) is 23.3 Å². The van der Waals surface area contributed by atoms with Crippen LogP contribution >= 0.6 is 11.6 Å². The number of aliphatic hydroxyl groups excluding tert-OH is 1. The summed E-state index contributed by atoms with van der Waals surface area (Å²) in [6.07, 6.45) is 1.93. The van der Waals surface area contributed by atoms with Crippen LogP contribution in [0.2, 0.25) is 5.02 Å². The van der Waals surface area contributed by atoms with Crippen molar-refractivity contribution < 1.29 is 23.1 Å². The van der Waals surface area contributed by atoms with Crippen LogP contribution in [-0.4, -0.2) is 26.6 Å². The molecule has 0 amide bonds. The molecule has 0 radical (unpaired) electrons. The van der Waals surface area contributed by atoms with Gasteiger partial charge >= 0.3 is 0 Å². The number of carbonyl (C=O) groups is 1. The second kappa shape index (κ2) is 8.50. The smallest absolute Gasteiger partial charge is 0.177 e. The number of hydrogen-bond donors (Lipinski definition) is 2. The van der Waals surface area contributed by atoms with Gasteiger partial charge in [0.2, 0.25) is 0 Å². The van der Waals surface area contributed by atoms with Crippen molar-refractivity contribution in [2.45, 2.75) is 6.10 Å². The van der Waals surface area contributed by atoms with Crippen LogP contribution in [0.5, 0.6) is 0 Å². The topological polar surface area (TPSA) is 86.9 Å². The molecule has 9 heteroatoms. The van der Waals surface area contributed by atoms with Crippen molar-refractivity contribution >= 4 is 23.1 Å². The van der Waals surface area contributed by atoms with Crippen LogP contribution in [0.4, 0.5) is 13.2 Å². The van der Waals surface area contributed by atoms with E-state index in [1.165, 1.54) is 30.9 Å². The zero-order valence-corrected chi connectivity index (χ0v) is 15.4. The standard InChI is InChI=1S/C20H13ClF3N3O2/c21-11-1-3-13(15(23)5-11)18(25)17(19(28)10-7-26-9-27-8-10)20(29)14-4-2-12(22)6-16(14)24/h1-9,17,19,25,28H. The van der Waals surface area contributed by atoms with Gasteiger partial charge in [0.1, 0.15) is 23.8 Å². The van der Waals surface area contributed by atoms with Gasteiger partial charge in [-0.05, 0) is 30.3 Å². The predicted octanol–water partition coefficient (Wildman–Crippen LogP) is 4.15. The number of hydrogen-bond acceptors (Lipinski definition) is 5. The molecule has 2 unspecified atom stereocenters. The Balaban J connectivity index is 2.10. The van der Waals surface area contributed by atoms with Gasteiger partial charge < -0.3 is 10.5 Å². The maximum absolute atomic E-state index is 14.4. The lowest BCUT2D eigenvalue weighted by Gasteiger charge is -2.23. The Bertz CT molecular complexity index is 1020. The van der Waals surface area contributed by atoms with E-state index in [0.717, 1.165) is 18.2 Å². The molecular formula is C20H13ClF3N3O2. The predicted molar refractivity (Wildman–Crippen MR) is 99.4 cm³/mol. The fourth-order valence-electron chi connectivity index (χ4n) is 2.82. The SMILES string of the molecule is N=C(c1ccc(Cl)cc1F)C(C(=O)c1ccc(F)cc1F)C(O)c1cncnc1. The summed E-state index contributed by atoms with van der Waals surface area (Å²) < 4.78 is 41.8. The summed E-state index contributed by atoms with van der Waals surface area (Å²) in [7, 11) is 0. The maximum atomic E-state index is 14.4. The Morgan fingerprint density at radius 2 is 1.62 bits per heavy atom. The first-order valence-electron chi connectivity index (χ1n) is 8.25. The summed E-state index contributed by atoms with van der Waals surface area (Å²) in [6, 6.07) is 5.72. The molecule has 2 atom stereocenters. The average Bonchev–Trinajstić information content (AvgIpc) is 2.68. The third-order valence-corrected chi connectivity index (χ3v) is 4.48. The molecule has 3 aromatic rings. The minimum absolute atomic E-state index is 0.0625. The van der Waals surface area contributed by atoms with Crippen LogP contribution < -0.4 is 0 Å². The van der Waals surface area contributed by atoms with Crippen molar-refractivity contribution in [1.29, 1.82) is 5.41 Å². The first kappa shape index (κ1) is 20.6. The number of rotatable bonds is 6. The molecule has 148 valence electrons. The summed E-state index contributed by atoms with van der Waals surface area (Å²) in [6.45, 7) is 0. The summed E-state index contributed by atoms with van der Waals surface area (Å²) in [5.74, 6) is -5.70. The molecule has 2 aromatic carbocycles. The van der Waals surface area contributed by atoms with Crippen LogP contribution in [0.1, 0.15) is 27.6 Å². The Morgan fingerprint density at radius 1 is 1.00 bits per heavy atom. The van der Waals surface area contributed by atoms with Gasteiger partial charge in [-0.3, -0.25) is 4.79 Å². The first-order chi connectivity index (χ1) is 13.8. The van der Waals surface area contributed by atoms with Gasteiger partial charge in [-0.15, -0.1) is 0 Å². The van der Waals surface area contributed by atoms with Crippen molar-refractivity contribution in [3.63, 3.8) is 0 Å². The van der Waals surface area contributed by atoms with Gasteiger partial charge in [0.15, 0.2) is 5.78 Å². The maximum Gasteiger partial charge on any atom is 0.177 e. The largest absolute Gasteiger partial charge is 0.387 e. The van der Waals surface area contributed by atoms with Gasteiger partial charge in [-0.2, -0.15) is 0 Å². The average molecular weight is 420 g/mol. The van der Waals surface area contributed by atoms with E-state index in [2.05, 4.69) is 9.97 Å². The molecule has 1 aromatic heterocycles. The Labute approximate surface area is 168 Å². The van der Waals surface area contributed by atoms with Crippen LogP contribution in [0.25, 0.3) is 0 Å². The minimum atomic E-state index is -1.71. The summed E-state index contributed by atoms with van der Waals surface area (Å²) >= 11 is 5.73. The van der Waals surface area contributed by atoms with Crippen molar-refractivity contribution in [1.82, 2.24) is 9.97 Å². The van der Waals surface area contributed by atoms with Crippen LogP contribution in [-0.2, 0) is 0 Å². The summed E-state index contributed by atoms with van der Waals surface area (Å²) in [5, 5.41) is 19.2. The monoisotopic (exact) mass is 419 g/mol. The lowest BCUT2D eigenvalue weighted by atomic mass is 9.83. The summed E-state index contributed by atoms with van der Waals surface area (Å²) in [4.78, 5) is 20.5. The lowest BCUT2D eigenvalue weighted by Crippen LogP contribution is -2.32. The lowest BCUT2D eigenvalue weighted by molar-refractivity contribution is 0.0788. The molecule has 0 aliphatic carbocycles. The molecule has 5 nitrogen and oxygen atoms in total. The van der Waals surface area contributed by atoms with Gasteiger partial charge in [0.25, 0.3) is 0 Å². The Kier molecular flexibility index (Phi) is 6.05. The number of carbonyl (C=O) groups excluding carboxylic acids is 1. The summed E-state index contributed by atoms with van der Waals surface area (Å²) in [5.41, 5.74) is -1.39. The molecule has 1 heterocycles. The van der Waals surface area contributed by atoms with Crippen molar-refractivity contribution in [3.8, 4) is 0 Å². The quantitative estimate of drug-likeness (QED) is 0.464. The Hall–Kier alpha value is -3.10. The van der Waals surface area contributed by atoms with Crippen molar-refractivity contribution in [2.75, 3.05) is 0 Å². The molecule has 0 saturated heterocycles. The second-order valence-electron chi connectivity index (χ2n) is 6.12. The highest BCUT2D eigenvalue weighted by atomic mass is 35.5. The molecular weight excluding hydrogens is 407 g/mol. The molecule has 0 bridgehead atoms. The number of aromatic nitrogens is 2. The number of nitrogens with one attached hydrogen (secondary N) is 1. The number of nitrogens with zero attached hydrogens (tertiary/aromatic N) is 2. The van der Waals surface area contributed by atoms with E-state index in [9.17, 15) is 23.1 Å². The number of aliphatic hydroxyl groups is 1.